The standard InChI is InChI=1S/C2H2N2O2.K/c5-2(6)1-3-4-1;/h(H,3,4)(H,5,6);. The monoisotopic (exact) mass is 125 g/mol. The van der Waals surface area contributed by atoms with E-state index >= 15 is 0 Å². The molecule has 4 nitrogen and oxygen atoms in total. The zero-order valence-corrected chi connectivity index (χ0v) is 6.93. The van der Waals surface area contributed by atoms with E-state index in [1.165, 1.54) is 0 Å². The molecule has 7 heavy (non-hydrogen) atoms. The van der Waals surface area contributed by atoms with Crippen molar-refractivity contribution in [1.29, 1.82) is 0 Å². The van der Waals surface area contributed by atoms with Crippen molar-refractivity contribution in [3.8, 4) is 0 Å². The molecule has 33 valence electrons. The molecule has 0 aromatic rings. The molecule has 0 aliphatic carbocycles. The molecule has 0 fully saturated rings. The van der Waals surface area contributed by atoms with Crippen LogP contribution in [0.3, 0.4) is 0 Å². The van der Waals surface area contributed by atoms with Crippen LogP contribution in [0.2, 0.25) is 0 Å². The normalized spacial score (nSPS) is 12.9. The van der Waals surface area contributed by atoms with Crippen molar-refractivity contribution in [2.24, 2.45) is 5.10 Å². The Morgan fingerprint density at radius 3 is 2.29 bits per heavy atom. The fourth-order valence-corrected chi connectivity index (χ4v) is 0.124. The quantitative estimate of drug-likeness (QED) is 0.424. The second-order valence-electron chi connectivity index (χ2n) is 0.877. The molecule has 0 spiro atoms. The van der Waals surface area contributed by atoms with Crippen molar-refractivity contribution in [2.75, 3.05) is 0 Å². The Labute approximate surface area is 82.4 Å². The Morgan fingerprint density at radius 1 is 1.86 bits per heavy atom. The van der Waals surface area contributed by atoms with E-state index in [4.69, 9.17) is 5.11 Å². The molecule has 5 heteroatoms. The van der Waals surface area contributed by atoms with Gasteiger partial charge in [0.05, 0.1) is 0 Å². The van der Waals surface area contributed by atoms with Gasteiger partial charge in [0, 0.05) is 51.4 Å². The van der Waals surface area contributed by atoms with Crippen LogP contribution in [0.5, 0.6) is 0 Å². The largest absolute Gasteiger partial charge is 0.475 e. The third-order valence-electron chi connectivity index (χ3n) is 0.426. The van der Waals surface area contributed by atoms with Gasteiger partial charge in [-0.3, -0.25) is 5.43 Å². The zero-order valence-electron chi connectivity index (χ0n) is 3.80. The minimum atomic E-state index is -0.991. The molecule has 0 atom stereocenters. The van der Waals surface area contributed by atoms with Gasteiger partial charge >= 0.3 is 5.97 Å². The molecule has 1 aliphatic rings. The maximum Gasteiger partial charge on any atom is 0.375 e. The number of carboxylic acid groups (broad SMARTS) is 1. The smallest absolute Gasteiger partial charge is 0.375 e. The van der Waals surface area contributed by atoms with E-state index in [0.717, 1.165) is 0 Å². The summed E-state index contributed by atoms with van der Waals surface area (Å²) in [6, 6.07) is 0. The van der Waals surface area contributed by atoms with Crippen LogP contribution >= 0.6 is 0 Å². The van der Waals surface area contributed by atoms with E-state index in [1.54, 1.807) is 0 Å². The number of carbonyl (C=O) groups is 1. The van der Waals surface area contributed by atoms with Crippen LogP contribution in [0.25, 0.3) is 0 Å². The summed E-state index contributed by atoms with van der Waals surface area (Å²) in [5.41, 5.74) is 2.18. The Morgan fingerprint density at radius 2 is 2.29 bits per heavy atom. The van der Waals surface area contributed by atoms with E-state index in [2.05, 4.69) is 10.5 Å². The summed E-state index contributed by atoms with van der Waals surface area (Å²) in [6.07, 6.45) is 0. The van der Waals surface area contributed by atoms with E-state index in [-0.39, 0.29) is 57.2 Å². The molecule has 0 saturated carbocycles. The van der Waals surface area contributed by atoms with Gasteiger partial charge in [0.15, 0.2) is 0 Å². The first kappa shape index (κ1) is 7.58. The van der Waals surface area contributed by atoms with Crippen LogP contribution < -0.4 is 5.43 Å². The van der Waals surface area contributed by atoms with Gasteiger partial charge in [-0.25, -0.2) is 4.79 Å². The van der Waals surface area contributed by atoms with Gasteiger partial charge in [-0.1, -0.05) is 0 Å². The first-order valence-electron chi connectivity index (χ1n) is 1.37. The Hall–Kier alpha value is 0.576. The molecule has 0 unspecified atom stereocenters. The maximum absolute atomic E-state index is 9.57. The molecule has 0 saturated heterocycles. The van der Waals surface area contributed by atoms with Crippen LogP contribution in [0, 0.1) is 0 Å². The second-order valence-corrected chi connectivity index (χ2v) is 0.877. The molecule has 2 N–H and O–H groups in total. The number of aliphatic carboxylic acids is 1. The molecule has 1 rings (SSSR count). The summed E-state index contributed by atoms with van der Waals surface area (Å²) < 4.78 is 0. The van der Waals surface area contributed by atoms with E-state index < -0.39 is 5.97 Å². The summed E-state index contributed by atoms with van der Waals surface area (Å²) in [5.74, 6) is -0.940. The number of hydrogen-bond acceptors (Lipinski definition) is 3. The van der Waals surface area contributed by atoms with Crippen molar-refractivity contribution in [1.82, 2.24) is 5.43 Å². The fraction of sp³-hybridized carbons (Fsp3) is 0. The average Bonchev–Trinajstić information content (AvgIpc) is 2.06. The number of nitrogens with one attached hydrogen (secondary N) is 1. The SMILES string of the molecule is O=C(O)C1=NN1.[K]. The van der Waals surface area contributed by atoms with Gasteiger partial charge in [0.25, 0.3) is 5.84 Å². The van der Waals surface area contributed by atoms with Crippen molar-refractivity contribution < 1.29 is 9.90 Å². The predicted octanol–water partition coefficient (Wildman–Crippen LogP) is -1.39. The molecule has 0 aromatic carbocycles. The molecular weight excluding hydrogens is 123 g/mol. The Balaban J connectivity index is 0.000000360. The molecule has 0 aromatic heterocycles. The van der Waals surface area contributed by atoms with E-state index in [0.29, 0.717) is 0 Å². The first-order chi connectivity index (χ1) is 2.80. The second kappa shape index (κ2) is 2.78. The molecule has 1 aliphatic heterocycles. The number of carboxylic acids is 1. The Bertz CT molecular complexity index is 121. The van der Waals surface area contributed by atoms with Crippen molar-refractivity contribution in [3.05, 3.63) is 0 Å². The summed E-state index contributed by atoms with van der Waals surface area (Å²) in [5, 5.41) is 11.0. The summed E-state index contributed by atoms with van der Waals surface area (Å²) in [6.45, 7) is 0. The van der Waals surface area contributed by atoms with Crippen molar-refractivity contribution >= 4 is 63.2 Å². The van der Waals surface area contributed by atoms with Crippen molar-refractivity contribution in [2.45, 2.75) is 0 Å². The number of nitrogens with zero attached hydrogens (tertiary/aromatic N) is 1. The number of hydrazone groups is 1. The predicted molar refractivity (Wildman–Crippen MR) is 24.0 cm³/mol. The Kier molecular flexibility index (Phi) is 3.01. The number of hydrogen-bond donors (Lipinski definition) is 2. The van der Waals surface area contributed by atoms with Crippen LogP contribution in [0.1, 0.15) is 0 Å². The summed E-state index contributed by atoms with van der Waals surface area (Å²) in [7, 11) is 0. The summed E-state index contributed by atoms with van der Waals surface area (Å²) in [4.78, 5) is 9.57. The van der Waals surface area contributed by atoms with Gasteiger partial charge in [-0.15, -0.1) is 5.10 Å². The van der Waals surface area contributed by atoms with Crippen LogP contribution in [0.4, 0.5) is 0 Å². The molecule has 1 heterocycles. The maximum atomic E-state index is 9.57. The zero-order chi connectivity index (χ0) is 4.57. The van der Waals surface area contributed by atoms with Crippen LogP contribution in [-0.4, -0.2) is 68.3 Å². The van der Waals surface area contributed by atoms with Gasteiger partial charge in [-0.05, 0) is 0 Å². The first-order valence-corrected chi connectivity index (χ1v) is 1.37. The fourth-order valence-electron chi connectivity index (χ4n) is 0.124. The minimum Gasteiger partial charge on any atom is -0.475 e. The van der Waals surface area contributed by atoms with Gasteiger partial charge < -0.3 is 5.11 Å². The minimum absolute atomic E-state index is 0. The van der Waals surface area contributed by atoms with Gasteiger partial charge in [0.1, 0.15) is 0 Å². The molecule has 0 amide bonds. The number of amidine groups is 1. The third kappa shape index (κ3) is 2.40. The van der Waals surface area contributed by atoms with Gasteiger partial charge in [0.2, 0.25) is 0 Å². The van der Waals surface area contributed by atoms with Crippen LogP contribution in [-0.2, 0) is 4.79 Å². The third-order valence-corrected chi connectivity index (χ3v) is 0.426. The van der Waals surface area contributed by atoms with Crippen molar-refractivity contribution in [3.63, 3.8) is 0 Å². The van der Waals surface area contributed by atoms with E-state index in [9.17, 15) is 4.79 Å². The van der Waals surface area contributed by atoms with E-state index in [1.807, 2.05) is 0 Å². The number of rotatable bonds is 1. The average molecular weight is 125 g/mol. The molecule has 0 bridgehead atoms. The topological polar surface area (TPSA) is 71.6 Å². The van der Waals surface area contributed by atoms with Crippen LogP contribution in [0.15, 0.2) is 5.10 Å². The van der Waals surface area contributed by atoms with Gasteiger partial charge in [-0.2, -0.15) is 0 Å². The molecule has 1 radical (unpaired) electrons. The molecular formula is C2H2KN2O2. The summed E-state index contributed by atoms with van der Waals surface area (Å²) >= 11 is 0.